The second kappa shape index (κ2) is 12.1. The number of rotatable bonds is 6. The number of benzene rings is 4. The zero-order valence-corrected chi connectivity index (χ0v) is 23.4. The van der Waals surface area contributed by atoms with Gasteiger partial charge in [0.15, 0.2) is 0 Å². The Morgan fingerprint density at radius 2 is 1.52 bits per heavy atom. The van der Waals surface area contributed by atoms with Gasteiger partial charge < -0.3 is 5.32 Å². The van der Waals surface area contributed by atoms with Crippen molar-refractivity contribution in [3.63, 3.8) is 0 Å². The minimum Gasteiger partial charge on any atom is -0.322 e. The third-order valence-electron chi connectivity index (χ3n) is 8.52. The molecule has 0 bridgehead atoms. The lowest BCUT2D eigenvalue weighted by molar-refractivity contribution is -0.137. The molecule has 0 aliphatic carbocycles. The summed E-state index contributed by atoms with van der Waals surface area (Å²) in [4.78, 5) is 18.5. The Bertz CT molecular complexity index is 1530. The maximum absolute atomic E-state index is 13.3. The molecule has 216 valence electrons. The number of nitrogens with zero attached hydrogens (tertiary/aromatic N) is 2. The Morgan fingerprint density at radius 3 is 2.26 bits per heavy atom. The van der Waals surface area contributed by atoms with E-state index in [-0.39, 0.29) is 5.91 Å². The quantitative estimate of drug-likeness (QED) is 0.259. The van der Waals surface area contributed by atoms with Gasteiger partial charge in [-0.05, 0) is 90.5 Å². The number of hydrogen-bond acceptors (Lipinski definition) is 3. The van der Waals surface area contributed by atoms with Gasteiger partial charge in [-0.25, -0.2) is 0 Å². The van der Waals surface area contributed by atoms with Gasteiger partial charge in [0.25, 0.3) is 5.91 Å². The van der Waals surface area contributed by atoms with Crippen molar-refractivity contribution < 1.29 is 18.0 Å². The molecular formula is C35H34F3N3O. The molecule has 0 atom stereocenters. The van der Waals surface area contributed by atoms with Crippen molar-refractivity contribution in [2.24, 2.45) is 0 Å². The van der Waals surface area contributed by atoms with E-state index in [1.807, 2.05) is 6.07 Å². The maximum Gasteiger partial charge on any atom is 0.416 e. The molecule has 1 saturated heterocycles. The molecule has 0 unspecified atom stereocenters. The maximum atomic E-state index is 13.3. The van der Waals surface area contributed by atoms with Gasteiger partial charge in [0.2, 0.25) is 0 Å². The highest BCUT2D eigenvalue weighted by atomic mass is 19.4. The van der Waals surface area contributed by atoms with Crippen LogP contribution in [-0.2, 0) is 25.7 Å². The van der Waals surface area contributed by atoms with Crippen LogP contribution in [0.2, 0.25) is 0 Å². The summed E-state index contributed by atoms with van der Waals surface area (Å²) in [5.41, 5.74) is 5.50. The summed E-state index contributed by atoms with van der Waals surface area (Å²) < 4.78 is 39.1. The summed E-state index contributed by atoms with van der Waals surface area (Å²) in [6, 6.07) is 29.3. The number of carbonyl (C=O) groups excluding carboxylic acids is 1. The number of anilines is 1. The van der Waals surface area contributed by atoms with Crippen LogP contribution >= 0.6 is 0 Å². The summed E-state index contributed by atoms with van der Waals surface area (Å²) in [7, 11) is 0. The molecule has 4 nitrogen and oxygen atoms in total. The van der Waals surface area contributed by atoms with Crippen LogP contribution in [0.15, 0.2) is 97.1 Å². The number of carbonyl (C=O) groups is 1. The molecule has 7 heteroatoms. The van der Waals surface area contributed by atoms with E-state index < -0.39 is 11.7 Å². The number of fused-ring (bicyclic) bond motifs is 1. The molecule has 4 aromatic carbocycles. The lowest BCUT2D eigenvalue weighted by Gasteiger charge is -2.40. The molecule has 2 heterocycles. The van der Waals surface area contributed by atoms with E-state index in [2.05, 4.69) is 57.6 Å². The number of likely N-dealkylation sites (tertiary alicyclic amines) is 1. The zero-order chi connectivity index (χ0) is 29.1. The van der Waals surface area contributed by atoms with E-state index in [4.69, 9.17) is 0 Å². The normalized spacial score (nSPS) is 16.6. The van der Waals surface area contributed by atoms with Crippen LogP contribution in [0.1, 0.15) is 45.5 Å². The molecule has 0 radical (unpaired) electrons. The molecule has 1 N–H and O–H groups in total. The van der Waals surface area contributed by atoms with Gasteiger partial charge in [0.1, 0.15) is 0 Å². The molecule has 0 saturated carbocycles. The Hall–Kier alpha value is -3.94. The summed E-state index contributed by atoms with van der Waals surface area (Å²) in [5.74, 6) is -0.287. The van der Waals surface area contributed by atoms with Gasteiger partial charge in [-0.2, -0.15) is 13.2 Å². The molecule has 0 aromatic heterocycles. The van der Waals surface area contributed by atoms with E-state index in [0.717, 1.165) is 57.0 Å². The standard InChI is InChI=1S/C35H34F3N3O/c36-35(37,38)29-13-10-26(11-14-29)32-8-4-5-9-33(32)34(42)39-30-15-12-28-24-41(21-16-27(28)22-30)31-17-19-40(20-18-31)23-25-6-2-1-3-7-25/h1-15,22,31H,16-21,23-24H2,(H,39,42). The van der Waals surface area contributed by atoms with Crippen molar-refractivity contribution in [3.05, 3.63) is 125 Å². The molecule has 0 spiro atoms. The Balaban J connectivity index is 1.08. The molecule has 2 aliphatic heterocycles. The van der Waals surface area contributed by atoms with Crippen LogP contribution in [-0.4, -0.2) is 41.4 Å². The van der Waals surface area contributed by atoms with Gasteiger partial charge in [0, 0.05) is 36.9 Å². The summed E-state index contributed by atoms with van der Waals surface area (Å²) >= 11 is 0. The molecule has 2 aliphatic rings. The first kappa shape index (κ1) is 28.2. The molecule has 1 fully saturated rings. The second-order valence-corrected chi connectivity index (χ2v) is 11.3. The van der Waals surface area contributed by atoms with Crippen molar-refractivity contribution >= 4 is 11.6 Å². The summed E-state index contributed by atoms with van der Waals surface area (Å²) in [6.45, 7) is 5.16. The van der Waals surface area contributed by atoms with Crippen molar-refractivity contribution in [3.8, 4) is 11.1 Å². The average Bonchev–Trinajstić information content (AvgIpc) is 3.01. The predicted octanol–water partition coefficient (Wildman–Crippen LogP) is 7.65. The third kappa shape index (κ3) is 6.42. The van der Waals surface area contributed by atoms with E-state index >= 15 is 0 Å². The van der Waals surface area contributed by atoms with Crippen molar-refractivity contribution in [2.45, 2.75) is 44.6 Å². The van der Waals surface area contributed by atoms with Crippen molar-refractivity contribution in [2.75, 3.05) is 25.0 Å². The average molecular weight is 570 g/mol. The number of piperidine rings is 1. The fourth-order valence-corrected chi connectivity index (χ4v) is 6.22. The Kier molecular flexibility index (Phi) is 8.13. The second-order valence-electron chi connectivity index (χ2n) is 11.3. The van der Waals surface area contributed by atoms with Crippen molar-refractivity contribution in [1.29, 1.82) is 0 Å². The predicted molar refractivity (Wildman–Crippen MR) is 160 cm³/mol. The van der Waals surface area contributed by atoms with Crippen molar-refractivity contribution in [1.82, 2.24) is 9.80 Å². The van der Waals surface area contributed by atoms with Crippen LogP contribution in [0, 0.1) is 0 Å². The van der Waals surface area contributed by atoms with Gasteiger partial charge in [-0.15, -0.1) is 0 Å². The zero-order valence-electron chi connectivity index (χ0n) is 23.4. The Morgan fingerprint density at radius 1 is 0.810 bits per heavy atom. The molecule has 1 amide bonds. The monoisotopic (exact) mass is 569 g/mol. The number of alkyl halides is 3. The Labute approximate surface area is 244 Å². The molecule has 42 heavy (non-hydrogen) atoms. The number of amides is 1. The summed E-state index contributed by atoms with van der Waals surface area (Å²) in [6.07, 6.45) is -1.12. The third-order valence-corrected chi connectivity index (χ3v) is 8.52. The number of nitrogens with one attached hydrogen (secondary N) is 1. The van der Waals surface area contributed by atoms with E-state index in [0.29, 0.717) is 22.7 Å². The first-order valence-corrected chi connectivity index (χ1v) is 14.5. The topological polar surface area (TPSA) is 35.6 Å². The van der Waals surface area contributed by atoms with Gasteiger partial charge in [-0.1, -0.05) is 66.7 Å². The van der Waals surface area contributed by atoms with Crippen LogP contribution in [0.4, 0.5) is 18.9 Å². The highest BCUT2D eigenvalue weighted by molar-refractivity contribution is 6.08. The van der Waals surface area contributed by atoms with E-state index in [1.165, 1.54) is 41.7 Å². The van der Waals surface area contributed by atoms with Crippen LogP contribution < -0.4 is 5.32 Å². The fourth-order valence-electron chi connectivity index (χ4n) is 6.22. The highest BCUT2D eigenvalue weighted by Gasteiger charge is 2.30. The molecule has 4 aromatic rings. The summed E-state index contributed by atoms with van der Waals surface area (Å²) in [5, 5.41) is 3.02. The minimum atomic E-state index is -4.40. The van der Waals surface area contributed by atoms with E-state index in [1.54, 1.807) is 24.3 Å². The number of halogens is 3. The SMILES string of the molecule is O=C(Nc1ccc2c(c1)CCN(C1CCN(Cc3ccccc3)CC1)C2)c1ccccc1-c1ccc(C(F)(F)F)cc1. The smallest absolute Gasteiger partial charge is 0.322 e. The van der Waals surface area contributed by atoms with Gasteiger partial charge in [0.05, 0.1) is 5.56 Å². The first-order valence-electron chi connectivity index (χ1n) is 14.5. The largest absolute Gasteiger partial charge is 0.416 e. The van der Waals surface area contributed by atoms with E-state index in [9.17, 15) is 18.0 Å². The first-order chi connectivity index (χ1) is 20.3. The van der Waals surface area contributed by atoms with Crippen LogP contribution in [0.25, 0.3) is 11.1 Å². The minimum absolute atomic E-state index is 0.287. The highest BCUT2D eigenvalue weighted by Crippen LogP contribution is 2.32. The molecule has 6 rings (SSSR count). The lowest BCUT2D eigenvalue weighted by Crippen LogP contribution is -2.46. The lowest BCUT2D eigenvalue weighted by atomic mass is 9.94. The van der Waals surface area contributed by atoms with Crippen LogP contribution in [0.3, 0.4) is 0 Å². The number of hydrogen-bond donors (Lipinski definition) is 1. The van der Waals surface area contributed by atoms with Crippen LogP contribution in [0.5, 0.6) is 0 Å². The fraction of sp³-hybridized carbons (Fsp3) is 0.286. The van der Waals surface area contributed by atoms with Gasteiger partial charge in [-0.3, -0.25) is 14.6 Å². The van der Waals surface area contributed by atoms with Gasteiger partial charge >= 0.3 is 6.18 Å². The molecular weight excluding hydrogens is 535 g/mol.